The van der Waals surface area contributed by atoms with E-state index in [-0.39, 0.29) is 17.3 Å². The second-order valence-electron chi connectivity index (χ2n) is 7.65. The normalized spacial score (nSPS) is 14.2. The monoisotopic (exact) mass is 503 g/mol. The van der Waals surface area contributed by atoms with Crippen LogP contribution in [0.1, 0.15) is 0 Å². The topological polar surface area (TPSA) is 60.9 Å². The first-order valence-electron chi connectivity index (χ1n) is 10.5. The molecule has 0 spiro atoms. The van der Waals surface area contributed by atoms with E-state index in [1.54, 1.807) is 47.4 Å². The van der Waals surface area contributed by atoms with Crippen LogP contribution in [0, 0.1) is 0 Å². The summed E-state index contributed by atoms with van der Waals surface area (Å²) in [5, 5.41) is 1.05. The molecule has 0 bridgehead atoms. The molecular weight excluding hydrogens is 481 g/mol. The number of anilines is 2. The zero-order valence-corrected chi connectivity index (χ0v) is 20.1. The second-order valence-corrected chi connectivity index (χ2v) is 10.4. The first kappa shape index (κ1) is 23.4. The lowest BCUT2D eigenvalue weighted by Gasteiger charge is -2.37. The minimum absolute atomic E-state index is 0.114. The van der Waals surface area contributed by atoms with Crippen LogP contribution < -0.4 is 9.21 Å². The Bertz CT molecular complexity index is 1230. The van der Waals surface area contributed by atoms with Crippen molar-refractivity contribution in [1.29, 1.82) is 0 Å². The summed E-state index contributed by atoms with van der Waals surface area (Å²) in [6.07, 6.45) is 0. The smallest absolute Gasteiger partial charge is 0.264 e. The fourth-order valence-corrected chi connectivity index (χ4v) is 5.57. The molecule has 1 aliphatic rings. The number of halogens is 2. The summed E-state index contributed by atoms with van der Waals surface area (Å²) in [6, 6.07) is 22.2. The lowest BCUT2D eigenvalue weighted by Crippen LogP contribution is -2.52. The summed E-state index contributed by atoms with van der Waals surface area (Å²) in [5.74, 6) is -0.264. The Labute approximate surface area is 204 Å². The van der Waals surface area contributed by atoms with E-state index in [1.165, 1.54) is 12.1 Å². The molecule has 0 radical (unpaired) electrons. The van der Waals surface area contributed by atoms with E-state index >= 15 is 0 Å². The maximum Gasteiger partial charge on any atom is 0.264 e. The summed E-state index contributed by atoms with van der Waals surface area (Å²) in [7, 11) is -3.96. The molecule has 0 unspecified atom stereocenters. The van der Waals surface area contributed by atoms with E-state index < -0.39 is 10.0 Å². The average Bonchev–Trinajstić information content (AvgIpc) is 2.83. The highest BCUT2D eigenvalue weighted by Crippen LogP contribution is 2.27. The standard InChI is InChI=1S/C24H23Cl2N3O3S/c25-19-6-4-8-21(16-19)27-12-14-28(15-13-27)24(30)18-29(22-9-5-7-20(26)17-22)33(31,32)23-10-2-1-3-11-23/h1-11,16-17H,12-15,18H2. The molecule has 172 valence electrons. The summed E-state index contributed by atoms with van der Waals surface area (Å²) in [5.41, 5.74) is 1.35. The van der Waals surface area contributed by atoms with Gasteiger partial charge in [-0.2, -0.15) is 0 Å². The van der Waals surface area contributed by atoms with E-state index in [0.717, 1.165) is 9.99 Å². The van der Waals surface area contributed by atoms with E-state index in [2.05, 4.69) is 4.90 Å². The molecule has 4 rings (SSSR count). The summed E-state index contributed by atoms with van der Waals surface area (Å²) in [6.45, 7) is 1.93. The molecule has 3 aromatic carbocycles. The van der Waals surface area contributed by atoms with Crippen molar-refractivity contribution in [3.8, 4) is 0 Å². The number of carbonyl (C=O) groups is 1. The van der Waals surface area contributed by atoms with Gasteiger partial charge in [0.15, 0.2) is 0 Å². The number of sulfonamides is 1. The third kappa shape index (κ3) is 5.43. The first-order valence-corrected chi connectivity index (χ1v) is 12.7. The average molecular weight is 504 g/mol. The van der Waals surface area contributed by atoms with E-state index in [9.17, 15) is 13.2 Å². The molecule has 1 aliphatic heterocycles. The van der Waals surface area contributed by atoms with Crippen LogP contribution in [0.5, 0.6) is 0 Å². The molecule has 1 saturated heterocycles. The summed E-state index contributed by atoms with van der Waals surface area (Å²) < 4.78 is 28.0. The largest absolute Gasteiger partial charge is 0.368 e. The lowest BCUT2D eigenvalue weighted by atomic mass is 10.2. The highest BCUT2D eigenvalue weighted by Gasteiger charge is 2.30. The van der Waals surface area contributed by atoms with Gasteiger partial charge in [-0.05, 0) is 48.5 Å². The molecule has 1 fully saturated rings. The molecule has 0 aliphatic carbocycles. The first-order chi connectivity index (χ1) is 15.8. The van der Waals surface area contributed by atoms with Crippen molar-refractivity contribution in [2.75, 3.05) is 41.9 Å². The number of rotatable bonds is 6. The quantitative estimate of drug-likeness (QED) is 0.495. The van der Waals surface area contributed by atoms with Gasteiger partial charge in [0.2, 0.25) is 5.91 Å². The Balaban J connectivity index is 1.53. The van der Waals surface area contributed by atoms with Gasteiger partial charge in [0, 0.05) is 41.9 Å². The van der Waals surface area contributed by atoms with Crippen LogP contribution in [-0.2, 0) is 14.8 Å². The maximum atomic E-state index is 13.4. The van der Waals surface area contributed by atoms with Gasteiger partial charge >= 0.3 is 0 Å². The van der Waals surface area contributed by atoms with Crippen LogP contribution in [0.15, 0.2) is 83.8 Å². The van der Waals surface area contributed by atoms with Crippen molar-refractivity contribution in [2.45, 2.75) is 4.90 Å². The molecule has 0 N–H and O–H groups in total. The Hall–Kier alpha value is -2.74. The molecular formula is C24H23Cl2N3O3S. The predicted molar refractivity (Wildman–Crippen MR) is 133 cm³/mol. The van der Waals surface area contributed by atoms with Crippen molar-refractivity contribution < 1.29 is 13.2 Å². The van der Waals surface area contributed by atoms with Crippen molar-refractivity contribution in [1.82, 2.24) is 4.90 Å². The highest BCUT2D eigenvalue weighted by atomic mass is 35.5. The molecule has 1 amide bonds. The highest BCUT2D eigenvalue weighted by molar-refractivity contribution is 7.92. The SMILES string of the molecule is O=C(CN(c1cccc(Cl)c1)S(=O)(=O)c1ccccc1)N1CCN(c2cccc(Cl)c2)CC1. The van der Waals surface area contributed by atoms with Crippen LogP contribution in [0.4, 0.5) is 11.4 Å². The van der Waals surface area contributed by atoms with Gasteiger partial charge in [-0.15, -0.1) is 0 Å². The summed E-state index contributed by atoms with van der Waals surface area (Å²) in [4.78, 5) is 17.2. The number of hydrogen-bond donors (Lipinski definition) is 0. The van der Waals surface area contributed by atoms with Gasteiger partial charge in [-0.25, -0.2) is 8.42 Å². The Morgan fingerprint density at radius 3 is 2.09 bits per heavy atom. The zero-order chi connectivity index (χ0) is 23.4. The Morgan fingerprint density at radius 2 is 1.45 bits per heavy atom. The van der Waals surface area contributed by atoms with Crippen LogP contribution in [0.3, 0.4) is 0 Å². The van der Waals surface area contributed by atoms with Crippen molar-refractivity contribution >= 4 is 50.5 Å². The summed E-state index contributed by atoms with van der Waals surface area (Å²) >= 11 is 12.2. The number of nitrogens with zero attached hydrogens (tertiary/aromatic N) is 3. The van der Waals surface area contributed by atoms with Crippen molar-refractivity contribution in [3.05, 3.63) is 88.9 Å². The van der Waals surface area contributed by atoms with Gasteiger partial charge in [-0.3, -0.25) is 9.10 Å². The molecule has 33 heavy (non-hydrogen) atoms. The molecule has 9 heteroatoms. The number of benzene rings is 3. The van der Waals surface area contributed by atoms with E-state index in [1.807, 2.05) is 24.3 Å². The second kappa shape index (κ2) is 10.0. The van der Waals surface area contributed by atoms with Crippen LogP contribution in [-0.4, -0.2) is 51.9 Å². The fraction of sp³-hybridized carbons (Fsp3) is 0.208. The van der Waals surface area contributed by atoms with Crippen LogP contribution >= 0.6 is 23.2 Å². The minimum Gasteiger partial charge on any atom is -0.368 e. The fourth-order valence-electron chi connectivity index (χ4n) is 3.78. The van der Waals surface area contributed by atoms with Gasteiger partial charge in [-0.1, -0.05) is 53.5 Å². The van der Waals surface area contributed by atoms with Crippen molar-refractivity contribution in [2.24, 2.45) is 0 Å². The number of amides is 1. The zero-order valence-electron chi connectivity index (χ0n) is 17.8. The lowest BCUT2D eigenvalue weighted by molar-refractivity contribution is -0.129. The third-order valence-corrected chi connectivity index (χ3v) is 7.77. The molecule has 3 aromatic rings. The van der Waals surface area contributed by atoms with Gasteiger partial charge in [0.1, 0.15) is 6.54 Å². The van der Waals surface area contributed by atoms with E-state index in [4.69, 9.17) is 23.2 Å². The molecule has 0 saturated carbocycles. The predicted octanol–water partition coefficient (Wildman–Crippen LogP) is 4.54. The Kier molecular flexibility index (Phi) is 7.12. The van der Waals surface area contributed by atoms with E-state index in [0.29, 0.717) is 41.9 Å². The molecule has 6 nitrogen and oxygen atoms in total. The van der Waals surface area contributed by atoms with Crippen LogP contribution in [0.25, 0.3) is 0 Å². The van der Waals surface area contributed by atoms with Crippen molar-refractivity contribution in [3.63, 3.8) is 0 Å². The molecule has 0 aromatic heterocycles. The maximum absolute atomic E-state index is 13.4. The van der Waals surface area contributed by atoms with Gasteiger partial charge < -0.3 is 9.80 Å². The van der Waals surface area contributed by atoms with Crippen LogP contribution in [0.2, 0.25) is 10.0 Å². The Morgan fingerprint density at radius 1 is 0.818 bits per heavy atom. The van der Waals surface area contributed by atoms with Gasteiger partial charge in [0.05, 0.1) is 10.6 Å². The molecule has 1 heterocycles. The van der Waals surface area contributed by atoms with Gasteiger partial charge in [0.25, 0.3) is 10.0 Å². The third-order valence-electron chi connectivity index (χ3n) is 5.51. The number of piperazine rings is 1. The minimum atomic E-state index is -3.96. The number of carbonyl (C=O) groups excluding carboxylic acids is 1. The number of hydrogen-bond acceptors (Lipinski definition) is 4. The molecule has 0 atom stereocenters.